The van der Waals surface area contributed by atoms with Crippen molar-refractivity contribution < 1.29 is 24.2 Å². The van der Waals surface area contributed by atoms with Crippen molar-refractivity contribution >= 4 is 23.8 Å². The zero-order valence-corrected chi connectivity index (χ0v) is 24.3. The summed E-state index contributed by atoms with van der Waals surface area (Å²) in [5.74, 6) is -0.356. The fourth-order valence-corrected chi connectivity index (χ4v) is 5.34. The first kappa shape index (κ1) is 30.1. The predicted molar refractivity (Wildman–Crippen MR) is 157 cm³/mol. The lowest BCUT2D eigenvalue weighted by Gasteiger charge is -2.42. The topological polar surface area (TPSA) is 136 Å². The quantitative estimate of drug-likeness (QED) is 0.331. The molecule has 10 nitrogen and oxygen atoms in total. The number of nitrogens with one attached hydrogen (secondary N) is 1. The van der Waals surface area contributed by atoms with Crippen LogP contribution in [0.5, 0.6) is 5.75 Å². The number of rotatable bonds is 8. The van der Waals surface area contributed by atoms with Gasteiger partial charge in [0.2, 0.25) is 5.91 Å². The zero-order valence-electron chi connectivity index (χ0n) is 24.3. The number of benzene rings is 2. The van der Waals surface area contributed by atoms with Crippen LogP contribution in [0.3, 0.4) is 0 Å². The van der Waals surface area contributed by atoms with E-state index in [4.69, 9.17) is 4.74 Å². The minimum atomic E-state index is -1.18. The molecule has 42 heavy (non-hydrogen) atoms. The van der Waals surface area contributed by atoms with E-state index in [2.05, 4.69) is 16.4 Å². The minimum Gasteiger partial charge on any atom is -0.497 e. The molecule has 1 saturated heterocycles. The van der Waals surface area contributed by atoms with Gasteiger partial charge in [-0.1, -0.05) is 63.2 Å². The average molecular weight is 570 g/mol. The van der Waals surface area contributed by atoms with Crippen molar-refractivity contribution in [2.75, 3.05) is 12.0 Å². The second-order valence-corrected chi connectivity index (χ2v) is 11.4. The van der Waals surface area contributed by atoms with E-state index < -0.39 is 41.4 Å². The van der Waals surface area contributed by atoms with E-state index in [9.17, 15) is 24.8 Å². The van der Waals surface area contributed by atoms with Crippen molar-refractivity contribution in [3.63, 3.8) is 0 Å². The summed E-state index contributed by atoms with van der Waals surface area (Å²) in [4.78, 5) is 45.2. The van der Waals surface area contributed by atoms with Gasteiger partial charge in [0.05, 0.1) is 31.2 Å². The first-order valence-electron chi connectivity index (χ1n) is 13.7. The molecular formula is C32H35N5O5. The van der Waals surface area contributed by atoms with Crippen molar-refractivity contribution in [2.45, 2.75) is 52.2 Å². The summed E-state index contributed by atoms with van der Waals surface area (Å²) in [7, 11) is 1.57. The number of carbonyl (C=O) groups excluding carboxylic acids is 2. The highest BCUT2D eigenvalue weighted by molar-refractivity contribution is 6.02. The lowest BCUT2D eigenvalue weighted by molar-refractivity contribution is -0.146. The van der Waals surface area contributed by atoms with Crippen molar-refractivity contribution in [1.29, 1.82) is 5.26 Å². The third kappa shape index (κ3) is 6.20. The largest absolute Gasteiger partial charge is 0.497 e. The summed E-state index contributed by atoms with van der Waals surface area (Å²) in [6.07, 6.45) is 0.464. The molecule has 0 bridgehead atoms. The second kappa shape index (κ2) is 12.3. The van der Waals surface area contributed by atoms with Crippen molar-refractivity contribution in [3.05, 3.63) is 89.6 Å². The van der Waals surface area contributed by atoms with Gasteiger partial charge in [-0.3, -0.25) is 9.69 Å². The van der Waals surface area contributed by atoms with E-state index in [1.165, 1.54) is 11.1 Å². The summed E-state index contributed by atoms with van der Waals surface area (Å²) in [5, 5.41) is 23.0. The first-order valence-corrected chi connectivity index (χ1v) is 13.7. The number of urea groups is 1. The molecule has 4 atom stereocenters. The molecule has 1 aliphatic heterocycles. The van der Waals surface area contributed by atoms with Crippen LogP contribution in [0, 0.1) is 22.7 Å². The molecule has 2 aromatic carbocycles. The molecule has 2 N–H and O–H groups in total. The number of ether oxygens (including phenoxy) is 1. The van der Waals surface area contributed by atoms with Crippen molar-refractivity contribution in [2.24, 2.45) is 11.3 Å². The van der Waals surface area contributed by atoms with Crippen LogP contribution in [0.15, 0.2) is 72.9 Å². The van der Waals surface area contributed by atoms with E-state index in [1.54, 1.807) is 38.3 Å². The molecule has 4 amide bonds. The van der Waals surface area contributed by atoms with E-state index in [-0.39, 0.29) is 18.3 Å². The Morgan fingerprint density at radius 3 is 2.36 bits per heavy atom. The Morgan fingerprint density at radius 1 is 1.12 bits per heavy atom. The molecule has 1 unspecified atom stereocenters. The van der Waals surface area contributed by atoms with E-state index in [0.29, 0.717) is 11.3 Å². The highest BCUT2D eigenvalue weighted by Gasteiger charge is 2.51. The van der Waals surface area contributed by atoms with Crippen LogP contribution >= 0.6 is 0 Å². The van der Waals surface area contributed by atoms with E-state index >= 15 is 0 Å². The minimum absolute atomic E-state index is 0.154. The van der Waals surface area contributed by atoms with Gasteiger partial charge in [0.1, 0.15) is 17.6 Å². The molecule has 0 spiro atoms. The molecule has 4 rings (SSSR count). The monoisotopic (exact) mass is 569 g/mol. The number of nitrogens with zero attached hydrogens (tertiary/aromatic N) is 4. The smallest absolute Gasteiger partial charge is 0.413 e. The molecule has 218 valence electrons. The van der Waals surface area contributed by atoms with E-state index in [0.717, 1.165) is 16.0 Å². The Balaban J connectivity index is 1.55. The number of anilines is 1. The molecule has 10 heteroatoms. The lowest BCUT2D eigenvalue weighted by atomic mass is 9.81. The van der Waals surface area contributed by atoms with Gasteiger partial charge >= 0.3 is 12.1 Å². The van der Waals surface area contributed by atoms with Gasteiger partial charge in [-0.25, -0.2) is 19.5 Å². The van der Waals surface area contributed by atoms with Gasteiger partial charge in [-0.15, -0.1) is 0 Å². The summed E-state index contributed by atoms with van der Waals surface area (Å²) in [6, 6.07) is 19.4. The number of hydrogen-bond acceptors (Lipinski definition) is 6. The number of methoxy groups -OCH3 is 1. The maximum atomic E-state index is 13.1. The van der Waals surface area contributed by atoms with Crippen LogP contribution in [0.1, 0.15) is 56.5 Å². The van der Waals surface area contributed by atoms with Gasteiger partial charge in [-0.05, 0) is 59.7 Å². The number of carboxylic acid groups (broad SMARTS) is 1. The molecular weight excluding hydrogens is 534 g/mol. The van der Waals surface area contributed by atoms with Gasteiger partial charge in [0.15, 0.2) is 0 Å². The number of likely N-dealkylation sites (tertiary alicyclic amines) is 1. The van der Waals surface area contributed by atoms with Crippen LogP contribution in [0.2, 0.25) is 0 Å². The summed E-state index contributed by atoms with van der Waals surface area (Å²) in [5.41, 5.74) is 1.76. The Labute approximate surface area is 245 Å². The van der Waals surface area contributed by atoms with Gasteiger partial charge < -0.3 is 15.2 Å². The standard InChI is InChI=1S/C32H35N5O5/c1-20(22-9-7-6-8-10-22)35-30(39)36-26(19-33)25(29(36)38)17-21-15-16-34-27(18-21)37(31(40)41)28(32(2,3)4)23-11-13-24(42-5)14-12-23/h6-16,18,20,25-26,28H,17H2,1-5H3,(H,35,39)(H,40,41)/t20-,25-,26-,28?/m1/s1. The number of amides is 4. The fraction of sp³-hybridized carbons (Fsp3) is 0.344. The molecule has 0 radical (unpaired) electrons. The van der Waals surface area contributed by atoms with Crippen LogP contribution < -0.4 is 15.0 Å². The van der Waals surface area contributed by atoms with Crippen LogP contribution in [0.25, 0.3) is 0 Å². The van der Waals surface area contributed by atoms with Crippen molar-refractivity contribution in [3.8, 4) is 11.8 Å². The number of β-lactam (4-membered cyclic amide) rings is 1. The SMILES string of the molecule is COc1ccc(C(N(C(=O)O)c2cc(C[C@H]3C(=O)N(C(=O)N[C@H](C)c4ccccc4)[C@@H]3C#N)ccn2)C(C)(C)C)cc1. The Hall–Kier alpha value is -4.91. The summed E-state index contributed by atoms with van der Waals surface area (Å²) < 4.78 is 5.26. The highest BCUT2D eigenvalue weighted by Crippen LogP contribution is 2.41. The molecule has 2 heterocycles. The molecule has 1 aromatic heterocycles. The zero-order chi connectivity index (χ0) is 30.6. The number of pyridine rings is 1. The molecule has 1 fully saturated rings. The maximum absolute atomic E-state index is 13.1. The lowest BCUT2D eigenvalue weighted by Crippen LogP contribution is -2.65. The Bertz CT molecular complexity index is 1480. The predicted octanol–water partition coefficient (Wildman–Crippen LogP) is 5.73. The maximum Gasteiger partial charge on any atom is 0.413 e. The summed E-state index contributed by atoms with van der Waals surface area (Å²) in [6.45, 7) is 7.65. The number of aromatic nitrogens is 1. The van der Waals surface area contributed by atoms with Crippen LogP contribution in [-0.4, -0.2) is 46.2 Å². The number of hydrogen-bond donors (Lipinski definition) is 2. The van der Waals surface area contributed by atoms with Gasteiger partial charge in [0.25, 0.3) is 0 Å². The molecule has 3 aromatic rings. The summed E-state index contributed by atoms with van der Waals surface area (Å²) >= 11 is 0. The van der Waals surface area contributed by atoms with Gasteiger partial charge in [-0.2, -0.15) is 5.26 Å². The number of imide groups is 1. The second-order valence-electron chi connectivity index (χ2n) is 11.4. The van der Waals surface area contributed by atoms with Crippen LogP contribution in [-0.2, 0) is 11.2 Å². The van der Waals surface area contributed by atoms with Crippen molar-refractivity contribution in [1.82, 2.24) is 15.2 Å². The third-order valence-corrected chi connectivity index (χ3v) is 7.43. The molecule has 0 saturated carbocycles. The normalized spacial score (nSPS) is 17.8. The average Bonchev–Trinajstić information content (AvgIpc) is 2.96. The molecule has 0 aliphatic carbocycles. The van der Waals surface area contributed by atoms with Gasteiger partial charge in [0, 0.05) is 6.20 Å². The highest BCUT2D eigenvalue weighted by atomic mass is 16.5. The van der Waals surface area contributed by atoms with E-state index in [1.807, 2.05) is 63.2 Å². The third-order valence-electron chi connectivity index (χ3n) is 7.43. The van der Waals surface area contributed by atoms with Crippen LogP contribution in [0.4, 0.5) is 15.4 Å². The number of nitriles is 1. The first-order chi connectivity index (χ1) is 20.0. The Kier molecular flexibility index (Phi) is 8.81. The number of carbonyl (C=O) groups is 3. The Morgan fingerprint density at radius 2 is 1.79 bits per heavy atom. The molecule has 1 aliphatic rings. The fourth-order valence-electron chi connectivity index (χ4n) is 5.34.